The Morgan fingerprint density at radius 2 is 1.05 bits per heavy atom. The van der Waals surface area contributed by atoms with Gasteiger partial charge < -0.3 is 19.3 Å². The monoisotopic (exact) mass is 558 g/mol. The van der Waals surface area contributed by atoms with Crippen LogP contribution in [-0.2, 0) is 24.4 Å². The average molecular weight is 559 g/mol. The van der Waals surface area contributed by atoms with Crippen molar-refractivity contribution in [1.29, 1.82) is 0 Å². The van der Waals surface area contributed by atoms with Gasteiger partial charge in [-0.3, -0.25) is 0 Å². The maximum atomic E-state index is 11.7. The van der Waals surface area contributed by atoms with E-state index in [1.54, 1.807) is 20.8 Å². The van der Waals surface area contributed by atoms with Crippen molar-refractivity contribution in [2.24, 2.45) is 0 Å². The number of hydrogen-bond donors (Lipinski definition) is 1. The number of carbonyl (C=O) groups is 2. The fourth-order valence-electron chi connectivity index (χ4n) is 2.75. The van der Waals surface area contributed by atoms with E-state index < -0.39 is 42.8 Å². The van der Waals surface area contributed by atoms with Gasteiger partial charge in [0.05, 0.1) is 16.9 Å². The summed E-state index contributed by atoms with van der Waals surface area (Å²) in [6.45, 7) is 10.8. The highest BCUT2D eigenvalue weighted by Crippen LogP contribution is 2.27. The lowest BCUT2D eigenvalue weighted by Gasteiger charge is -2.23. The first-order valence-corrected chi connectivity index (χ1v) is 14.7. The third-order valence-electron chi connectivity index (χ3n) is 4.23. The van der Waals surface area contributed by atoms with E-state index in [2.05, 4.69) is 4.74 Å². The molecule has 0 spiro atoms. The highest BCUT2D eigenvalue weighted by atomic mass is 32.2. The molecule has 0 aromatic heterocycles. The molecule has 206 valence electrons. The lowest BCUT2D eigenvalue weighted by atomic mass is 10.1. The van der Waals surface area contributed by atoms with E-state index in [-0.39, 0.29) is 26.7 Å². The van der Waals surface area contributed by atoms with Crippen molar-refractivity contribution in [3.05, 3.63) is 47.5 Å². The van der Waals surface area contributed by atoms with E-state index in [4.69, 9.17) is 14.6 Å². The molecule has 2 aromatic rings. The van der Waals surface area contributed by atoms with Gasteiger partial charge in [-0.1, -0.05) is 0 Å². The quantitative estimate of drug-likeness (QED) is 0.515. The number of methoxy groups -OCH3 is 1. The number of hydrogen-bond acceptors (Lipinski definition) is 9. The van der Waals surface area contributed by atoms with Gasteiger partial charge in [0.15, 0.2) is 19.7 Å². The molecule has 0 aliphatic heterocycles. The Morgan fingerprint density at radius 3 is 1.35 bits per heavy atom. The van der Waals surface area contributed by atoms with Crippen LogP contribution in [0.3, 0.4) is 0 Å². The van der Waals surface area contributed by atoms with E-state index in [1.165, 1.54) is 37.4 Å². The van der Waals surface area contributed by atoms with Gasteiger partial charge in [-0.05, 0) is 77.9 Å². The number of carbonyl (C=O) groups excluding carboxylic acids is 1. The molecule has 0 saturated heterocycles. The van der Waals surface area contributed by atoms with Crippen molar-refractivity contribution in [2.75, 3.05) is 19.6 Å². The number of rotatable bonds is 6. The van der Waals surface area contributed by atoms with Crippen LogP contribution in [0.25, 0.3) is 0 Å². The van der Waals surface area contributed by atoms with Crippen molar-refractivity contribution in [3.8, 4) is 11.5 Å². The largest absolute Gasteiger partial charge is 0.487 e. The molecule has 0 bridgehead atoms. The second-order valence-corrected chi connectivity index (χ2v) is 14.1. The summed E-state index contributed by atoms with van der Waals surface area (Å²) in [5.41, 5.74) is -1.13. The highest BCUT2D eigenvalue weighted by Gasteiger charge is 2.22. The Hall–Kier alpha value is -3.12. The number of carboxylic acid groups (broad SMARTS) is 1. The Morgan fingerprint density at radius 1 is 0.703 bits per heavy atom. The predicted octanol–water partition coefficient (Wildman–Crippen LogP) is 4.02. The van der Waals surface area contributed by atoms with Crippen molar-refractivity contribution < 1.29 is 45.7 Å². The highest BCUT2D eigenvalue weighted by molar-refractivity contribution is 7.91. The van der Waals surface area contributed by atoms with Crippen molar-refractivity contribution in [3.63, 3.8) is 0 Å². The van der Waals surface area contributed by atoms with Crippen LogP contribution < -0.4 is 9.47 Å². The van der Waals surface area contributed by atoms with Crippen LogP contribution in [0, 0.1) is 0 Å². The van der Waals surface area contributed by atoms with Crippen LogP contribution >= 0.6 is 0 Å². The minimum Gasteiger partial charge on any atom is -0.487 e. The van der Waals surface area contributed by atoms with E-state index in [0.717, 1.165) is 18.6 Å². The predicted molar refractivity (Wildman–Crippen MR) is 138 cm³/mol. The summed E-state index contributed by atoms with van der Waals surface area (Å²) in [6.07, 6.45) is 2.10. The Balaban J connectivity index is 0.000000371. The van der Waals surface area contributed by atoms with Crippen LogP contribution in [-0.4, -0.2) is 64.7 Å². The fraction of sp³-hybridized carbons (Fsp3) is 0.440. The third kappa shape index (κ3) is 10.4. The zero-order chi connectivity index (χ0) is 29.0. The minimum absolute atomic E-state index is 0.0406. The van der Waals surface area contributed by atoms with Gasteiger partial charge in [-0.15, -0.1) is 0 Å². The van der Waals surface area contributed by atoms with E-state index in [0.29, 0.717) is 5.75 Å². The fourth-order valence-corrected chi connectivity index (χ4v) is 4.05. The molecule has 0 atom stereocenters. The van der Waals surface area contributed by atoms with Gasteiger partial charge in [-0.2, -0.15) is 0 Å². The smallest absolute Gasteiger partial charge is 0.341 e. The zero-order valence-corrected chi connectivity index (χ0v) is 24.0. The first-order chi connectivity index (χ1) is 16.5. The van der Waals surface area contributed by atoms with Crippen LogP contribution in [0.1, 0.15) is 62.3 Å². The molecule has 0 aliphatic carbocycles. The molecule has 1 N–H and O–H groups in total. The van der Waals surface area contributed by atoms with E-state index in [9.17, 15) is 26.4 Å². The Bertz CT molecular complexity index is 1360. The van der Waals surface area contributed by atoms with E-state index >= 15 is 0 Å². The Kier molecular flexibility index (Phi) is 9.93. The van der Waals surface area contributed by atoms with Crippen molar-refractivity contribution >= 4 is 31.6 Å². The van der Waals surface area contributed by atoms with Crippen LogP contribution in [0.4, 0.5) is 0 Å². The van der Waals surface area contributed by atoms with Gasteiger partial charge in [0.2, 0.25) is 0 Å². The Labute approximate surface area is 218 Å². The second kappa shape index (κ2) is 11.5. The summed E-state index contributed by atoms with van der Waals surface area (Å²) in [5.74, 6) is -1.40. The maximum Gasteiger partial charge on any atom is 0.341 e. The summed E-state index contributed by atoms with van der Waals surface area (Å²) in [4.78, 5) is 22.8. The SMILES string of the molecule is CC(C)(C)Oc1ccc(S(C)(=O)=O)cc1C(=O)O.COC(=O)c1cc(S(C)(=O)=O)ccc1OC(C)(C)C. The molecule has 12 heteroatoms. The number of sulfone groups is 2. The topological polar surface area (TPSA) is 150 Å². The summed E-state index contributed by atoms with van der Waals surface area (Å²) in [6, 6.07) is 7.95. The standard InChI is InChI=1S/C13H18O5S.C12H16O5S/c1-13(2,3)18-11-7-6-9(19(5,15)16)8-10(11)12(14)17-4;1-12(2,3)17-10-6-5-8(18(4,15)16)7-9(10)11(13)14/h6-8H,1-5H3;5-7H,1-4H3,(H,13,14). The molecule has 0 saturated carbocycles. The number of carboxylic acids is 1. The average Bonchev–Trinajstić information content (AvgIpc) is 2.70. The molecule has 0 fully saturated rings. The van der Waals surface area contributed by atoms with Crippen molar-refractivity contribution in [1.82, 2.24) is 0 Å². The van der Waals surface area contributed by atoms with Crippen molar-refractivity contribution in [2.45, 2.75) is 62.5 Å². The number of benzene rings is 2. The minimum atomic E-state index is -3.44. The molecule has 2 rings (SSSR count). The molecule has 37 heavy (non-hydrogen) atoms. The molecule has 0 heterocycles. The lowest BCUT2D eigenvalue weighted by Crippen LogP contribution is -2.24. The molecule has 10 nitrogen and oxygen atoms in total. The summed E-state index contributed by atoms with van der Waals surface area (Å²) >= 11 is 0. The molecular weight excluding hydrogens is 524 g/mol. The normalized spacial score (nSPS) is 12.1. The molecule has 0 amide bonds. The summed E-state index contributed by atoms with van der Waals surface area (Å²) in [7, 11) is -5.60. The van der Waals surface area contributed by atoms with Gasteiger partial charge >= 0.3 is 11.9 Å². The van der Waals surface area contributed by atoms with E-state index in [1.807, 2.05) is 20.8 Å². The third-order valence-corrected chi connectivity index (χ3v) is 6.45. The maximum absolute atomic E-state index is 11.7. The van der Waals surface area contributed by atoms with Gasteiger partial charge in [0.1, 0.15) is 33.8 Å². The van der Waals surface area contributed by atoms with Crippen LogP contribution in [0.15, 0.2) is 46.2 Å². The summed E-state index contributed by atoms with van der Waals surface area (Å²) < 4.78 is 61.5. The first-order valence-electron chi connectivity index (χ1n) is 10.9. The molecule has 0 radical (unpaired) electrons. The van der Waals surface area contributed by atoms with Gasteiger partial charge in [0, 0.05) is 12.5 Å². The molecule has 0 unspecified atom stereocenters. The van der Waals surface area contributed by atoms with Gasteiger partial charge in [0.25, 0.3) is 0 Å². The number of esters is 1. The van der Waals surface area contributed by atoms with Gasteiger partial charge in [-0.25, -0.2) is 26.4 Å². The molecule has 2 aromatic carbocycles. The summed E-state index contributed by atoms with van der Waals surface area (Å²) in [5, 5.41) is 9.08. The lowest BCUT2D eigenvalue weighted by molar-refractivity contribution is 0.0584. The van der Waals surface area contributed by atoms with Crippen LogP contribution in [0.2, 0.25) is 0 Å². The second-order valence-electron chi connectivity index (χ2n) is 10.1. The van der Waals surface area contributed by atoms with Crippen LogP contribution in [0.5, 0.6) is 11.5 Å². The number of aromatic carboxylic acids is 1. The molecular formula is C25H34O10S2. The zero-order valence-electron chi connectivity index (χ0n) is 22.4. The molecule has 0 aliphatic rings. The first kappa shape index (κ1) is 31.9. The number of ether oxygens (including phenoxy) is 3.